The zero-order valence-electron chi connectivity index (χ0n) is 9.82. The lowest BCUT2D eigenvalue weighted by atomic mass is 10.1. The van der Waals surface area contributed by atoms with Gasteiger partial charge >= 0.3 is 0 Å². The van der Waals surface area contributed by atoms with Crippen molar-refractivity contribution in [1.82, 2.24) is 0 Å². The maximum atomic E-state index is 5.84. The Morgan fingerprint density at radius 2 is 1.88 bits per heavy atom. The SMILES string of the molecule is Cc1cccc(COc2ccccc2CBr)c1. The van der Waals surface area contributed by atoms with E-state index >= 15 is 0 Å². The summed E-state index contributed by atoms with van der Waals surface area (Å²) in [5, 5.41) is 0.816. The van der Waals surface area contributed by atoms with E-state index in [0.717, 1.165) is 11.1 Å². The van der Waals surface area contributed by atoms with Crippen LogP contribution in [0.2, 0.25) is 0 Å². The van der Waals surface area contributed by atoms with Gasteiger partial charge in [0, 0.05) is 10.9 Å². The third-order valence-corrected chi connectivity index (χ3v) is 3.20. The molecule has 0 atom stereocenters. The minimum Gasteiger partial charge on any atom is -0.489 e. The normalized spacial score (nSPS) is 10.2. The Kier molecular flexibility index (Phi) is 4.21. The van der Waals surface area contributed by atoms with E-state index in [1.807, 2.05) is 18.2 Å². The molecule has 0 N–H and O–H groups in total. The highest BCUT2D eigenvalue weighted by atomic mass is 79.9. The Morgan fingerprint density at radius 3 is 2.65 bits per heavy atom. The van der Waals surface area contributed by atoms with Gasteiger partial charge < -0.3 is 4.74 Å². The van der Waals surface area contributed by atoms with Crippen LogP contribution >= 0.6 is 15.9 Å². The average molecular weight is 291 g/mol. The van der Waals surface area contributed by atoms with Crippen LogP contribution in [0.15, 0.2) is 48.5 Å². The Bertz CT molecular complexity index is 494. The molecule has 0 bridgehead atoms. The highest BCUT2D eigenvalue weighted by molar-refractivity contribution is 9.08. The quantitative estimate of drug-likeness (QED) is 0.755. The smallest absolute Gasteiger partial charge is 0.123 e. The molecule has 0 saturated carbocycles. The van der Waals surface area contributed by atoms with Crippen LogP contribution in [-0.4, -0.2) is 0 Å². The molecule has 0 aliphatic carbocycles. The fraction of sp³-hybridized carbons (Fsp3) is 0.200. The van der Waals surface area contributed by atoms with Crippen LogP contribution in [0.1, 0.15) is 16.7 Å². The summed E-state index contributed by atoms with van der Waals surface area (Å²) >= 11 is 3.47. The Morgan fingerprint density at radius 1 is 1.06 bits per heavy atom. The molecule has 88 valence electrons. The van der Waals surface area contributed by atoms with Gasteiger partial charge in [0.2, 0.25) is 0 Å². The summed E-state index contributed by atoms with van der Waals surface area (Å²) in [6.07, 6.45) is 0. The zero-order chi connectivity index (χ0) is 12.1. The van der Waals surface area contributed by atoms with Crippen molar-refractivity contribution < 1.29 is 4.74 Å². The standard InChI is InChI=1S/C15H15BrO/c1-12-5-4-6-13(9-12)11-17-15-8-3-2-7-14(15)10-16/h2-9H,10-11H2,1H3. The number of benzene rings is 2. The van der Waals surface area contributed by atoms with Crippen molar-refractivity contribution in [2.75, 3.05) is 0 Å². The maximum absolute atomic E-state index is 5.84. The summed E-state index contributed by atoms with van der Waals surface area (Å²) in [5.74, 6) is 0.950. The molecule has 1 nitrogen and oxygen atoms in total. The molecule has 0 aliphatic rings. The molecule has 0 spiro atoms. The van der Waals surface area contributed by atoms with E-state index in [9.17, 15) is 0 Å². The molecule has 0 aliphatic heterocycles. The van der Waals surface area contributed by atoms with Crippen molar-refractivity contribution in [1.29, 1.82) is 0 Å². The third kappa shape index (κ3) is 3.34. The second kappa shape index (κ2) is 5.87. The predicted molar refractivity (Wildman–Crippen MR) is 74.6 cm³/mol. The van der Waals surface area contributed by atoms with Crippen LogP contribution in [0.4, 0.5) is 0 Å². The highest BCUT2D eigenvalue weighted by Gasteiger charge is 2.01. The fourth-order valence-corrected chi connectivity index (χ4v) is 2.18. The maximum Gasteiger partial charge on any atom is 0.123 e. The molecule has 2 aromatic rings. The van der Waals surface area contributed by atoms with Crippen molar-refractivity contribution in [2.24, 2.45) is 0 Å². The molecule has 2 aromatic carbocycles. The molecule has 0 radical (unpaired) electrons. The molecule has 0 amide bonds. The lowest BCUT2D eigenvalue weighted by Gasteiger charge is -2.10. The summed E-state index contributed by atoms with van der Waals surface area (Å²) in [6.45, 7) is 2.71. The van der Waals surface area contributed by atoms with Crippen LogP contribution in [-0.2, 0) is 11.9 Å². The van der Waals surface area contributed by atoms with E-state index in [0.29, 0.717) is 6.61 Å². The molecule has 2 heteroatoms. The van der Waals surface area contributed by atoms with E-state index in [1.165, 1.54) is 16.7 Å². The number of para-hydroxylation sites is 1. The molecular formula is C15H15BrO. The number of alkyl halides is 1. The first-order chi connectivity index (χ1) is 8.29. The first-order valence-corrected chi connectivity index (χ1v) is 6.74. The number of rotatable bonds is 4. The average Bonchev–Trinajstić information content (AvgIpc) is 2.37. The first kappa shape index (κ1) is 12.2. The van der Waals surface area contributed by atoms with Crippen LogP contribution in [0.5, 0.6) is 5.75 Å². The van der Waals surface area contributed by atoms with Crippen LogP contribution in [0, 0.1) is 6.92 Å². The summed E-state index contributed by atoms with van der Waals surface area (Å²) in [6, 6.07) is 16.5. The van der Waals surface area contributed by atoms with Crippen LogP contribution in [0.3, 0.4) is 0 Å². The zero-order valence-corrected chi connectivity index (χ0v) is 11.4. The van der Waals surface area contributed by atoms with Crippen molar-refractivity contribution in [2.45, 2.75) is 18.9 Å². The van der Waals surface area contributed by atoms with Gasteiger partial charge in [0.15, 0.2) is 0 Å². The molecule has 0 unspecified atom stereocenters. The summed E-state index contributed by atoms with van der Waals surface area (Å²) < 4.78 is 5.84. The lowest BCUT2D eigenvalue weighted by Crippen LogP contribution is -1.97. The van der Waals surface area contributed by atoms with Gasteiger partial charge in [-0.1, -0.05) is 64.0 Å². The minimum absolute atomic E-state index is 0.617. The highest BCUT2D eigenvalue weighted by Crippen LogP contribution is 2.21. The summed E-state index contributed by atoms with van der Waals surface area (Å²) in [7, 11) is 0. The summed E-state index contributed by atoms with van der Waals surface area (Å²) in [5.41, 5.74) is 3.65. The van der Waals surface area contributed by atoms with Gasteiger partial charge in [-0.15, -0.1) is 0 Å². The van der Waals surface area contributed by atoms with E-state index in [2.05, 4.69) is 53.2 Å². The largest absolute Gasteiger partial charge is 0.489 e. The number of halogens is 1. The van der Waals surface area contributed by atoms with Gasteiger partial charge in [-0.05, 0) is 18.6 Å². The molecule has 0 aromatic heterocycles. The Balaban J connectivity index is 2.07. The van der Waals surface area contributed by atoms with Crippen LogP contribution in [0.25, 0.3) is 0 Å². The van der Waals surface area contributed by atoms with Crippen molar-refractivity contribution in [3.63, 3.8) is 0 Å². The number of ether oxygens (including phenoxy) is 1. The Labute approximate surface area is 111 Å². The number of hydrogen-bond donors (Lipinski definition) is 0. The molecule has 17 heavy (non-hydrogen) atoms. The van der Waals surface area contributed by atoms with Gasteiger partial charge in [-0.3, -0.25) is 0 Å². The van der Waals surface area contributed by atoms with E-state index in [1.54, 1.807) is 0 Å². The molecule has 0 heterocycles. The minimum atomic E-state index is 0.617. The van der Waals surface area contributed by atoms with E-state index < -0.39 is 0 Å². The van der Waals surface area contributed by atoms with Crippen molar-refractivity contribution in [3.05, 3.63) is 65.2 Å². The van der Waals surface area contributed by atoms with Crippen LogP contribution < -0.4 is 4.74 Å². The van der Waals surface area contributed by atoms with Gasteiger partial charge in [0.25, 0.3) is 0 Å². The molecule has 0 saturated heterocycles. The predicted octanol–water partition coefficient (Wildman–Crippen LogP) is 4.47. The van der Waals surface area contributed by atoms with Gasteiger partial charge in [0.1, 0.15) is 12.4 Å². The van der Waals surface area contributed by atoms with Gasteiger partial charge in [0.05, 0.1) is 0 Å². The molecule has 2 rings (SSSR count). The first-order valence-electron chi connectivity index (χ1n) is 5.62. The lowest BCUT2D eigenvalue weighted by molar-refractivity contribution is 0.304. The van der Waals surface area contributed by atoms with Crippen molar-refractivity contribution in [3.8, 4) is 5.75 Å². The summed E-state index contributed by atoms with van der Waals surface area (Å²) in [4.78, 5) is 0. The third-order valence-electron chi connectivity index (χ3n) is 2.59. The number of hydrogen-bond acceptors (Lipinski definition) is 1. The van der Waals surface area contributed by atoms with Gasteiger partial charge in [-0.2, -0.15) is 0 Å². The van der Waals surface area contributed by atoms with E-state index in [-0.39, 0.29) is 0 Å². The topological polar surface area (TPSA) is 9.23 Å². The molecule has 0 fully saturated rings. The Hall–Kier alpha value is -1.28. The number of aryl methyl sites for hydroxylation is 1. The fourth-order valence-electron chi connectivity index (χ4n) is 1.72. The molecular weight excluding hydrogens is 276 g/mol. The van der Waals surface area contributed by atoms with Crippen molar-refractivity contribution >= 4 is 15.9 Å². The monoisotopic (exact) mass is 290 g/mol. The second-order valence-corrected chi connectivity index (χ2v) is 4.58. The van der Waals surface area contributed by atoms with Gasteiger partial charge in [-0.25, -0.2) is 0 Å². The van der Waals surface area contributed by atoms with E-state index in [4.69, 9.17) is 4.74 Å². The second-order valence-electron chi connectivity index (χ2n) is 4.02.